The lowest BCUT2D eigenvalue weighted by molar-refractivity contribution is 0.166. The number of hydrogen-bond acceptors (Lipinski definition) is 3. The summed E-state index contributed by atoms with van der Waals surface area (Å²) in [6.07, 6.45) is 11.3. The Balaban J connectivity index is 4.14. The molecule has 0 spiro atoms. The molecule has 0 aromatic carbocycles. The Hall–Kier alpha value is 0.150. The van der Waals surface area contributed by atoms with Crippen LogP contribution in [0.1, 0.15) is 99.3 Å². The summed E-state index contributed by atoms with van der Waals surface area (Å²) in [6.45, 7) is 13.6. The molecule has 0 amide bonds. The summed E-state index contributed by atoms with van der Waals surface area (Å²) in [5.41, 5.74) is -0.00455. The van der Waals surface area contributed by atoms with Crippen molar-refractivity contribution in [1.29, 1.82) is 0 Å². The highest BCUT2D eigenvalue weighted by Crippen LogP contribution is 2.55. The highest BCUT2D eigenvalue weighted by molar-refractivity contribution is 7.54. The Bertz CT molecular complexity index is 313. The molecular weight excluding hydrogens is 319 g/mol. The van der Waals surface area contributed by atoms with Gasteiger partial charge in [0.15, 0.2) is 0 Å². The Morgan fingerprint density at radius 2 is 1.12 bits per heavy atom. The van der Waals surface area contributed by atoms with Crippen LogP contribution in [0.5, 0.6) is 0 Å². The molecule has 0 aliphatic rings. The van der Waals surface area contributed by atoms with Crippen LogP contribution in [0.2, 0.25) is 0 Å². The number of unbranched alkanes of at least 4 members (excludes halogenated alkanes) is 7. The summed E-state index contributed by atoms with van der Waals surface area (Å²) in [6, 6.07) is 0. The lowest BCUT2D eigenvalue weighted by atomic mass is 10.1. The maximum Gasteiger partial charge on any atom is 0.333 e. The van der Waals surface area contributed by atoms with E-state index in [1.807, 2.05) is 6.92 Å². The lowest BCUT2D eigenvalue weighted by Crippen LogP contribution is -2.14. The van der Waals surface area contributed by atoms with Gasteiger partial charge >= 0.3 is 7.60 Å². The van der Waals surface area contributed by atoms with Gasteiger partial charge in [-0.25, -0.2) is 0 Å². The fourth-order valence-corrected chi connectivity index (χ4v) is 4.62. The van der Waals surface area contributed by atoms with Crippen molar-refractivity contribution in [3.05, 3.63) is 0 Å². The molecule has 0 aromatic rings. The molecule has 0 bridgehead atoms. The predicted octanol–water partition coefficient (Wildman–Crippen LogP) is 7.44. The van der Waals surface area contributed by atoms with Crippen LogP contribution in [0.15, 0.2) is 0 Å². The highest BCUT2D eigenvalue weighted by Gasteiger charge is 2.32. The molecule has 1 unspecified atom stereocenters. The molecule has 0 N–H and O–H groups in total. The first-order chi connectivity index (χ1) is 11.3. The van der Waals surface area contributed by atoms with Gasteiger partial charge < -0.3 is 9.05 Å². The lowest BCUT2D eigenvalue weighted by Gasteiger charge is -2.26. The van der Waals surface area contributed by atoms with Crippen LogP contribution < -0.4 is 0 Å². The van der Waals surface area contributed by atoms with E-state index in [1.165, 1.54) is 44.9 Å². The second kappa shape index (κ2) is 14.3. The topological polar surface area (TPSA) is 35.5 Å². The molecule has 0 aliphatic heterocycles. The molecule has 0 saturated heterocycles. The molecule has 3 nitrogen and oxygen atoms in total. The van der Waals surface area contributed by atoms with Gasteiger partial charge in [0.1, 0.15) is 0 Å². The minimum Gasteiger partial charge on any atom is -0.308 e. The Labute approximate surface area is 151 Å². The van der Waals surface area contributed by atoms with Crippen LogP contribution in [0.3, 0.4) is 0 Å². The molecule has 24 heavy (non-hydrogen) atoms. The average Bonchev–Trinajstić information content (AvgIpc) is 2.53. The molecule has 0 radical (unpaired) electrons. The molecular formula is C20H43O3P. The first-order valence-electron chi connectivity index (χ1n) is 10.2. The van der Waals surface area contributed by atoms with E-state index < -0.39 is 7.60 Å². The minimum atomic E-state index is -2.99. The zero-order valence-electron chi connectivity index (χ0n) is 17.2. The van der Waals surface area contributed by atoms with Gasteiger partial charge in [0.05, 0.1) is 18.9 Å². The highest BCUT2D eigenvalue weighted by atomic mass is 31.2. The predicted molar refractivity (Wildman–Crippen MR) is 106 cm³/mol. The van der Waals surface area contributed by atoms with Crippen molar-refractivity contribution >= 4 is 7.60 Å². The van der Waals surface area contributed by atoms with Crippen LogP contribution in [-0.4, -0.2) is 18.9 Å². The van der Waals surface area contributed by atoms with Gasteiger partial charge in [0.25, 0.3) is 0 Å². The number of hydrogen-bond donors (Lipinski definition) is 0. The van der Waals surface area contributed by atoms with E-state index in [-0.39, 0.29) is 5.66 Å². The summed E-state index contributed by atoms with van der Waals surface area (Å²) < 4.78 is 24.6. The van der Waals surface area contributed by atoms with Gasteiger partial charge in [-0.3, -0.25) is 4.57 Å². The first kappa shape index (κ1) is 24.1. The average molecular weight is 363 g/mol. The zero-order chi connectivity index (χ0) is 18.4. The molecule has 0 fully saturated rings. The van der Waals surface area contributed by atoms with Crippen molar-refractivity contribution in [2.45, 2.75) is 105 Å². The van der Waals surface area contributed by atoms with Crippen molar-refractivity contribution in [1.82, 2.24) is 0 Å². The summed E-state index contributed by atoms with van der Waals surface area (Å²) in [4.78, 5) is 0. The maximum absolute atomic E-state index is 13.1. The van der Waals surface area contributed by atoms with E-state index in [2.05, 4.69) is 34.6 Å². The van der Waals surface area contributed by atoms with Crippen molar-refractivity contribution < 1.29 is 13.6 Å². The minimum absolute atomic E-state index is 0.00455. The molecule has 0 saturated carbocycles. The smallest absolute Gasteiger partial charge is 0.308 e. The van der Waals surface area contributed by atoms with Gasteiger partial charge in [-0.05, 0) is 18.3 Å². The van der Waals surface area contributed by atoms with E-state index in [0.717, 1.165) is 12.8 Å². The third-order valence-corrected chi connectivity index (χ3v) is 6.55. The summed E-state index contributed by atoms with van der Waals surface area (Å²) in [7, 11) is -2.99. The van der Waals surface area contributed by atoms with Gasteiger partial charge in [0.2, 0.25) is 0 Å². The third-order valence-electron chi connectivity index (χ3n) is 4.19. The molecule has 0 aromatic heterocycles. The molecule has 146 valence electrons. The van der Waals surface area contributed by atoms with Crippen LogP contribution in [0.4, 0.5) is 0 Å². The molecule has 1 atom stereocenters. The van der Waals surface area contributed by atoms with E-state index in [1.54, 1.807) is 0 Å². The van der Waals surface area contributed by atoms with Gasteiger partial charge in [-0.15, -0.1) is 0 Å². The second-order valence-electron chi connectivity index (χ2n) is 8.03. The van der Waals surface area contributed by atoms with E-state index in [9.17, 15) is 4.57 Å². The standard InChI is InChI=1S/C20H43O3P/c1-7-8-9-10-11-12-13-14-15-20(6)24(21,22-16-18(2)3)23-17-19(4)5/h18-20H,7-17H2,1-6H3. The third kappa shape index (κ3) is 12.5. The van der Waals surface area contributed by atoms with Crippen molar-refractivity contribution in [3.8, 4) is 0 Å². The van der Waals surface area contributed by atoms with Crippen molar-refractivity contribution in [2.24, 2.45) is 11.8 Å². The SMILES string of the molecule is CCCCCCCCCCC(C)P(=O)(OCC(C)C)OCC(C)C. The van der Waals surface area contributed by atoms with Crippen LogP contribution in [0, 0.1) is 11.8 Å². The quantitative estimate of drug-likeness (QED) is 0.211. The monoisotopic (exact) mass is 362 g/mol. The summed E-state index contributed by atoms with van der Waals surface area (Å²) in [5.74, 6) is 0.743. The molecule has 0 aliphatic carbocycles. The fourth-order valence-electron chi connectivity index (χ4n) is 2.53. The normalized spacial score (nSPS) is 13.8. The Morgan fingerprint density at radius 1 is 0.708 bits per heavy atom. The van der Waals surface area contributed by atoms with E-state index in [4.69, 9.17) is 9.05 Å². The molecule has 4 heteroatoms. The van der Waals surface area contributed by atoms with Crippen LogP contribution >= 0.6 is 7.60 Å². The Kier molecular flexibility index (Phi) is 14.4. The van der Waals surface area contributed by atoms with Crippen molar-refractivity contribution in [2.75, 3.05) is 13.2 Å². The largest absolute Gasteiger partial charge is 0.333 e. The van der Waals surface area contributed by atoms with Crippen LogP contribution in [-0.2, 0) is 13.6 Å². The van der Waals surface area contributed by atoms with E-state index >= 15 is 0 Å². The Morgan fingerprint density at radius 3 is 1.54 bits per heavy atom. The molecule has 0 heterocycles. The van der Waals surface area contributed by atoms with Crippen molar-refractivity contribution in [3.63, 3.8) is 0 Å². The zero-order valence-corrected chi connectivity index (χ0v) is 18.1. The first-order valence-corrected chi connectivity index (χ1v) is 11.8. The number of rotatable bonds is 16. The van der Waals surface area contributed by atoms with Gasteiger partial charge in [-0.2, -0.15) is 0 Å². The van der Waals surface area contributed by atoms with Crippen LogP contribution in [0.25, 0.3) is 0 Å². The van der Waals surface area contributed by atoms with E-state index in [0.29, 0.717) is 25.0 Å². The summed E-state index contributed by atoms with van der Waals surface area (Å²) in [5, 5.41) is 0. The maximum atomic E-state index is 13.1. The fraction of sp³-hybridized carbons (Fsp3) is 1.00. The van der Waals surface area contributed by atoms with Gasteiger partial charge in [-0.1, -0.05) is 92.9 Å². The second-order valence-corrected chi connectivity index (χ2v) is 10.5. The summed E-state index contributed by atoms with van der Waals surface area (Å²) >= 11 is 0. The molecule has 0 rings (SSSR count). The van der Waals surface area contributed by atoms with Gasteiger partial charge in [0, 0.05) is 0 Å².